The van der Waals surface area contributed by atoms with Crippen LogP contribution in [0.1, 0.15) is 32.0 Å². The van der Waals surface area contributed by atoms with Crippen LogP contribution in [0.5, 0.6) is 0 Å². The molecule has 2 heterocycles. The summed E-state index contributed by atoms with van der Waals surface area (Å²) in [5.41, 5.74) is 5.47. The minimum Gasteiger partial charge on any atom is -0.463 e. The van der Waals surface area contributed by atoms with Crippen LogP contribution < -0.4 is 10.6 Å². The summed E-state index contributed by atoms with van der Waals surface area (Å²) in [6.45, 7) is 2.60. The molecule has 0 radical (unpaired) electrons. The number of fused-ring (bicyclic) bond motifs is 1. The minimum absolute atomic E-state index is 0.171. The number of furan rings is 1. The van der Waals surface area contributed by atoms with Crippen LogP contribution in [0.4, 0.5) is 5.69 Å². The second-order valence-electron chi connectivity index (χ2n) is 6.88. The zero-order valence-corrected chi connectivity index (χ0v) is 16.2. The zero-order chi connectivity index (χ0) is 20.4. The first-order chi connectivity index (χ1) is 14.0. The third-order valence-electron chi connectivity index (χ3n) is 4.85. The minimum atomic E-state index is -0.240. The number of rotatable bonds is 5. The first kappa shape index (κ1) is 18.6. The Labute approximate surface area is 168 Å². The normalized spacial score (nSPS) is 10.8. The van der Waals surface area contributed by atoms with Crippen LogP contribution in [0, 0.1) is 6.92 Å². The van der Waals surface area contributed by atoms with Crippen molar-refractivity contribution in [2.75, 3.05) is 12.4 Å². The van der Waals surface area contributed by atoms with E-state index in [4.69, 9.17) is 4.42 Å². The largest absolute Gasteiger partial charge is 0.463 e. The number of nitrogens with one attached hydrogen (secondary N) is 2. The quantitative estimate of drug-likeness (QED) is 0.539. The summed E-state index contributed by atoms with van der Waals surface area (Å²) in [6.07, 6.45) is 1.62. The highest BCUT2D eigenvalue weighted by molar-refractivity contribution is 6.06. The van der Waals surface area contributed by atoms with Gasteiger partial charge in [-0.25, -0.2) is 0 Å². The highest BCUT2D eigenvalue weighted by Gasteiger charge is 2.18. The molecule has 0 aliphatic carbocycles. The monoisotopic (exact) mass is 387 g/mol. The summed E-state index contributed by atoms with van der Waals surface area (Å²) in [7, 11) is 1.58. The van der Waals surface area contributed by atoms with Crippen molar-refractivity contribution in [1.29, 1.82) is 0 Å². The van der Waals surface area contributed by atoms with Gasteiger partial charge in [-0.3, -0.25) is 9.59 Å². The van der Waals surface area contributed by atoms with Gasteiger partial charge < -0.3 is 19.6 Å². The second kappa shape index (κ2) is 7.67. The molecule has 0 saturated heterocycles. The first-order valence-electron chi connectivity index (χ1n) is 9.31. The molecule has 0 spiro atoms. The maximum Gasteiger partial charge on any atom is 0.272 e. The Balaban J connectivity index is 1.61. The van der Waals surface area contributed by atoms with Crippen molar-refractivity contribution in [3.63, 3.8) is 0 Å². The summed E-state index contributed by atoms with van der Waals surface area (Å²) in [5.74, 6) is -0.411. The molecule has 0 fully saturated rings. The lowest BCUT2D eigenvalue weighted by atomic mass is 10.1. The van der Waals surface area contributed by atoms with Gasteiger partial charge >= 0.3 is 0 Å². The van der Waals surface area contributed by atoms with Gasteiger partial charge in [-0.2, -0.15) is 0 Å². The van der Waals surface area contributed by atoms with Crippen LogP contribution in [0.25, 0.3) is 11.1 Å². The molecule has 2 N–H and O–H groups in total. The molecular formula is C23H21N3O3. The van der Waals surface area contributed by atoms with Gasteiger partial charge in [0.25, 0.3) is 11.8 Å². The number of aromatic nitrogens is 1. The van der Waals surface area contributed by atoms with E-state index in [1.165, 1.54) is 5.56 Å². The number of benzene rings is 2. The molecule has 2 aromatic heterocycles. The standard InChI is InChI=1S/C23H21N3O3/c1-15-3-5-16(6-4-15)14-26-19-11-12-29-21(19)13-20(26)23(28)25-18-9-7-17(8-10-18)22(27)24-2/h3-13H,14H2,1-2H3,(H,24,27)(H,25,28). The summed E-state index contributed by atoms with van der Waals surface area (Å²) in [4.78, 5) is 24.6. The maximum absolute atomic E-state index is 13.0. The van der Waals surface area contributed by atoms with Crippen molar-refractivity contribution in [2.24, 2.45) is 0 Å². The fraction of sp³-hybridized carbons (Fsp3) is 0.130. The number of hydrogen-bond donors (Lipinski definition) is 2. The molecule has 4 aromatic rings. The van der Waals surface area contributed by atoms with Crippen molar-refractivity contribution in [2.45, 2.75) is 13.5 Å². The molecule has 0 saturated carbocycles. The molecule has 2 aromatic carbocycles. The Morgan fingerprint density at radius 2 is 1.69 bits per heavy atom. The third kappa shape index (κ3) is 3.78. The average Bonchev–Trinajstić information content (AvgIpc) is 3.32. The number of nitrogens with zero attached hydrogens (tertiary/aromatic N) is 1. The number of aryl methyl sites for hydroxylation is 1. The van der Waals surface area contributed by atoms with E-state index in [0.717, 1.165) is 11.1 Å². The second-order valence-corrected chi connectivity index (χ2v) is 6.88. The summed E-state index contributed by atoms with van der Waals surface area (Å²) < 4.78 is 7.45. The smallest absolute Gasteiger partial charge is 0.272 e. The van der Waals surface area contributed by atoms with Crippen LogP contribution >= 0.6 is 0 Å². The predicted octanol–water partition coefficient (Wildman–Crippen LogP) is 4.20. The first-order valence-corrected chi connectivity index (χ1v) is 9.31. The van der Waals surface area contributed by atoms with Gasteiger partial charge in [-0.1, -0.05) is 29.8 Å². The molecule has 0 aliphatic rings. The molecule has 2 amide bonds. The topological polar surface area (TPSA) is 76.3 Å². The van der Waals surface area contributed by atoms with E-state index in [-0.39, 0.29) is 11.8 Å². The van der Waals surface area contributed by atoms with Crippen molar-refractivity contribution < 1.29 is 14.0 Å². The average molecular weight is 387 g/mol. The van der Waals surface area contributed by atoms with E-state index in [2.05, 4.69) is 34.9 Å². The van der Waals surface area contributed by atoms with Gasteiger partial charge in [-0.15, -0.1) is 0 Å². The highest BCUT2D eigenvalue weighted by atomic mass is 16.3. The van der Waals surface area contributed by atoms with E-state index in [9.17, 15) is 9.59 Å². The molecule has 0 aliphatic heterocycles. The van der Waals surface area contributed by atoms with E-state index in [1.807, 2.05) is 17.6 Å². The molecule has 0 unspecified atom stereocenters. The lowest BCUT2D eigenvalue weighted by Gasteiger charge is -2.11. The zero-order valence-electron chi connectivity index (χ0n) is 16.2. The Bertz CT molecular complexity index is 1170. The fourth-order valence-electron chi connectivity index (χ4n) is 3.26. The fourth-order valence-corrected chi connectivity index (χ4v) is 3.26. The Morgan fingerprint density at radius 1 is 0.966 bits per heavy atom. The van der Waals surface area contributed by atoms with Crippen LogP contribution in [0.3, 0.4) is 0 Å². The van der Waals surface area contributed by atoms with Gasteiger partial charge in [-0.05, 0) is 36.8 Å². The highest BCUT2D eigenvalue weighted by Crippen LogP contribution is 2.24. The molecule has 29 heavy (non-hydrogen) atoms. The van der Waals surface area contributed by atoms with Gasteiger partial charge in [0.2, 0.25) is 0 Å². The SMILES string of the molecule is CNC(=O)c1ccc(NC(=O)c2cc3occc3n2Cc2ccc(C)cc2)cc1. The molecular weight excluding hydrogens is 366 g/mol. The van der Waals surface area contributed by atoms with Crippen LogP contribution in [0.15, 0.2) is 71.3 Å². The third-order valence-corrected chi connectivity index (χ3v) is 4.85. The summed E-state index contributed by atoms with van der Waals surface area (Å²) in [6, 6.07) is 18.6. The molecule has 4 rings (SSSR count). The van der Waals surface area contributed by atoms with Crippen molar-refractivity contribution >= 4 is 28.6 Å². The van der Waals surface area contributed by atoms with Gasteiger partial charge in [0, 0.05) is 37.0 Å². The Hall–Kier alpha value is -3.80. The van der Waals surface area contributed by atoms with Crippen molar-refractivity contribution in [1.82, 2.24) is 9.88 Å². The number of hydrogen-bond acceptors (Lipinski definition) is 3. The Morgan fingerprint density at radius 3 is 2.38 bits per heavy atom. The number of carbonyl (C=O) groups is 2. The van der Waals surface area contributed by atoms with Crippen molar-refractivity contribution in [3.8, 4) is 0 Å². The Kier molecular flexibility index (Phi) is 4.91. The number of carbonyl (C=O) groups excluding carboxylic acids is 2. The van der Waals surface area contributed by atoms with Crippen LogP contribution in [-0.2, 0) is 6.54 Å². The number of amides is 2. The van der Waals surface area contributed by atoms with Gasteiger partial charge in [0.1, 0.15) is 5.69 Å². The maximum atomic E-state index is 13.0. The molecule has 6 heteroatoms. The molecule has 0 bridgehead atoms. The lowest BCUT2D eigenvalue weighted by Crippen LogP contribution is -2.19. The van der Waals surface area contributed by atoms with Crippen LogP contribution in [-0.4, -0.2) is 23.4 Å². The summed E-state index contributed by atoms with van der Waals surface area (Å²) in [5, 5.41) is 5.47. The summed E-state index contributed by atoms with van der Waals surface area (Å²) >= 11 is 0. The van der Waals surface area contributed by atoms with E-state index in [0.29, 0.717) is 29.1 Å². The van der Waals surface area contributed by atoms with E-state index >= 15 is 0 Å². The number of anilines is 1. The van der Waals surface area contributed by atoms with Crippen LogP contribution in [0.2, 0.25) is 0 Å². The van der Waals surface area contributed by atoms with Crippen molar-refractivity contribution in [3.05, 3.63) is 89.3 Å². The predicted molar refractivity (Wildman–Crippen MR) is 112 cm³/mol. The van der Waals surface area contributed by atoms with Gasteiger partial charge in [0.05, 0.1) is 11.8 Å². The van der Waals surface area contributed by atoms with E-state index in [1.54, 1.807) is 43.6 Å². The lowest BCUT2D eigenvalue weighted by molar-refractivity contribution is 0.0962. The molecule has 6 nitrogen and oxygen atoms in total. The molecule has 0 atom stereocenters. The van der Waals surface area contributed by atoms with E-state index < -0.39 is 0 Å². The molecule has 146 valence electrons. The van der Waals surface area contributed by atoms with Gasteiger partial charge in [0.15, 0.2) is 5.58 Å².